The number of allylic oxidation sites excluding steroid dienone is 1. The molecule has 31 heavy (non-hydrogen) atoms. The van der Waals surface area contributed by atoms with E-state index in [9.17, 15) is 8.42 Å². The summed E-state index contributed by atoms with van der Waals surface area (Å²) >= 11 is 0. The van der Waals surface area contributed by atoms with Gasteiger partial charge >= 0.3 is 0 Å². The third-order valence-electron chi connectivity index (χ3n) is 5.94. The normalized spacial score (nSPS) is 18.1. The third kappa shape index (κ3) is 3.93. The molecule has 1 aliphatic rings. The van der Waals surface area contributed by atoms with Crippen molar-refractivity contribution in [1.29, 1.82) is 0 Å². The number of rotatable bonds is 6. The van der Waals surface area contributed by atoms with Crippen LogP contribution in [0.15, 0.2) is 101 Å². The summed E-state index contributed by atoms with van der Waals surface area (Å²) in [6, 6.07) is 24.2. The lowest BCUT2D eigenvalue weighted by Crippen LogP contribution is -2.28. The van der Waals surface area contributed by atoms with E-state index in [2.05, 4.69) is 13.0 Å². The van der Waals surface area contributed by atoms with E-state index in [-0.39, 0.29) is 10.3 Å². The molecule has 0 bridgehead atoms. The fourth-order valence-electron chi connectivity index (χ4n) is 3.88. The van der Waals surface area contributed by atoms with Gasteiger partial charge in [0, 0.05) is 17.3 Å². The van der Waals surface area contributed by atoms with Crippen LogP contribution < -0.4 is 4.31 Å². The van der Waals surface area contributed by atoms with Crippen LogP contribution in [0, 0.1) is 6.92 Å². The van der Waals surface area contributed by atoms with Crippen LogP contribution in [-0.2, 0) is 15.4 Å². The Bertz CT molecular complexity index is 1250. The van der Waals surface area contributed by atoms with Crippen LogP contribution in [0.5, 0.6) is 0 Å². The van der Waals surface area contributed by atoms with Crippen LogP contribution in [-0.4, -0.2) is 14.1 Å². The first-order chi connectivity index (χ1) is 14.8. The van der Waals surface area contributed by atoms with Crippen molar-refractivity contribution in [2.75, 3.05) is 4.31 Å². The third-order valence-corrected chi connectivity index (χ3v) is 7.66. The van der Waals surface area contributed by atoms with Gasteiger partial charge in [-0.1, -0.05) is 60.2 Å². The first-order valence-corrected chi connectivity index (χ1v) is 11.7. The predicted octanol–water partition coefficient (Wildman–Crippen LogP) is 6.16. The standard InChI is InChI=1S/C26H26N2O2S/c1-20-14-16-23(17-15-20)31(29,30)28(22-10-5-4-6-11-22)19-9-18-26(3)21(2)27-25-13-8-7-12-24(25)26/h4-17,19H,18H2,1-3H3/b19-9+/t26-/m0/s1. The largest absolute Gasteiger partial charge is 0.268 e. The van der Waals surface area contributed by atoms with E-state index in [1.54, 1.807) is 30.5 Å². The Balaban J connectivity index is 1.69. The lowest BCUT2D eigenvalue weighted by Gasteiger charge is -2.26. The Labute approximate surface area is 184 Å². The number of anilines is 1. The molecule has 3 aromatic rings. The number of nitrogens with zero attached hydrogens (tertiary/aromatic N) is 2. The zero-order chi connectivity index (χ0) is 22.1. The van der Waals surface area contributed by atoms with E-state index < -0.39 is 10.0 Å². The molecule has 1 aliphatic heterocycles. The summed E-state index contributed by atoms with van der Waals surface area (Å²) in [7, 11) is -3.74. The average molecular weight is 431 g/mol. The average Bonchev–Trinajstić information content (AvgIpc) is 3.02. The van der Waals surface area contributed by atoms with Gasteiger partial charge in [-0.05, 0) is 63.1 Å². The molecule has 0 amide bonds. The van der Waals surface area contributed by atoms with Crippen LogP contribution in [0.25, 0.3) is 0 Å². The highest BCUT2D eigenvalue weighted by atomic mass is 32.2. The highest BCUT2D eigenvalue weighted by Crippen LogP contribution is 2.42. The molecule has 1 heterocycles. The number of aliphatic imine (C=N–C) groups is 1. The molecule has 0 saturated heterocycles. The van der Waals surface area contributed by atoms with Gasteiger partial charge in [0.15, 0.2) is 0 Å². The zero-order valence-electron chi connectivity index (χ0n) is 18.0. The van der Waals surface area contributed by atoms with Gasteiger partial charge < -0.3 is 0 Å². The lowest BCUT2D eigenvalue weighted by atomic mass is 9.77. The van der Waals surface area contributed by atoms with E-state index in [0.717, 1.165) is 17.0 Å². The molecule has 0 saturated carbocycles. The molecule has 3 aromatic carbocycles. The fraction of sp³-hybridized carbons (Fsp3) is 0.192. The van der Waals surface area contributed by atoms with E-state index >= 15 is 0 Å². The van der Waals surface area contributed by atoms with E-state index in [0.29, 0.717) is 12.1 Å². The smallest absolute Gasteiger partial charge is 0.257 e. The molecule has 1 atom stereocenters. The highest BCUT2D eigenvalue weighted by molar-refractivity contribution is 7.93. The second-order valence-electron chi connectivity index (χ2n) is 8.08. The van der Waals surface area contributed by atoms with Gasteiger partial charge in [0.05, 0.1) is 16.3 Å². The molecule has 0 fully saturated rings. The Morgan fingerprint density at radius 2 is 1.55 bits per heavy atom. The lowest BCUT2D eigenvalue weighted by molar-refractivity contribution is 0.595. The van der Waals surface area contributed by atoms with Gasteiger partial charge in [0.2, 0.25) is 0 Å². The van der Waals surface area contributed by atoms with Crippen molar-refractivity contribution in [3.05, 3.63) is 102 Å². The van der Waals surface area contributed by atoms with Crippen LogP contribution in [0.4, 0.5) is 11.4 Å². The second-order valence-corrected chi connectivity index (χ2v) is 9.90. The van der Waals surface area contributed by atoms with Crippen molar-refractivity contribution in [3.63, 3.8) is 0 Å². The quantitative estimate of drug-likeness (QED) is 0.470. The Hall–Kier alpha value is -3.18. The summed E-state index contributed by atoms with van der Waals surface area (Å²) in [6.07, 6.45) is 4.25. The SMILES string of the molecule is CC1=Nc2ccccc2[C@@]1(C)C/C=C/N(c1ccccc1)S(=O)(=O)c1ccc(C)cc1. The molecular formula is C26H26N2O2S. The van der Waals surface area contributed by atoms with Crippen molar-refractivity contribution in [1.82, 2.24) is 0 Å². The van der Waals surface area contributed by atoms with Gasteiger partial charge in [0.1, 0.15) is 0 Å². The van der Waals surface area contributed by atoms with Gasteiger partial charge in [-0.25, -0.2) is 12.7 Å². The van der Waals surface area contributed by atoms with Gasteiger partial charge in [-0.15, -0.1) is 0 Å². The topological polar surface area (TPSA) is 49.7 Å². The molecule has 0 aromatic heterocycles. The molecule has 158 valence electrons. The Morgan fingerprint density at radius 3 is 2.26 bits per heavy atom. The Kier molecular flexibility index (Phi) is 5.54. The van der Waals surface area contributed by atoms with Crippen molar-refractivity contribution in [2.45, 2.75) is 37.5 Å². The predicted molar refractivity (Wildman–Crippen MR) is 128 cm³/mol. The van der Waals surface area contributed by atoms with Crippen molar-refractivity contribution >= 4 is 27.1 Å². The summed E-state index contributed by atoms with van der Waals surface area (Å²) in [5.41, 5.74) is 4.55. The molecule has 0 aliphatic carbocycles. The molecule has 0 N–H and O–H groups in total. The van der Waals surface area contributed by atoms with E-state index in [1.807, 2.05) is 68.5 Å². The number of sulfonamides is 1. The maximum Gasteiger partial charge on any atom is 0.268 e. The summed E-state index contributed by atoms with van der Waals surface area (Å²) in [4.78, 5) is 4.98. The number of benzene rings is 3. The summed E-state index contributed by atoms with van der Waals surface area (Å²) in [5, 5.41) is 0. The van der Waals surface area contributed by atoms with Crippen LogP contribution >= 0.6 is 0 Å². The van der Waals surface area contributed by atoms with Crippen LogP contribution in [0.3, 0.4) is 0 Å². The van der Waals surface area contributed by atoms with E-state index in [4.69, 9.17) is 4.99 Å². The first kappa shape index (κ1) is 21.1. The number of fused-ring (bicyclic) bond motifs is 1. The summed E-state index contributed by atoms with van der Waals surface area (Å²) in [5.74, 6) is 0. The minimum absolute atomic E-state index is 0.261. The first-order valence-electron chi connectivity index (χ1n) is 10.3. The van der Waals surface area contributed by atoms with Gasteiger partial charge in [-0.3, -0.25) is 4.99 Å². The molecule has 0 spiro atoms. The van der Waals surface area contributed by atoms with Crippen molar-refractivity contribution in [3.8, 4) is 0 Å². The molecule has 4 nitrogen and oxygen atoms in total. The number of para-hydroxylation sites is 2. The molecule has 0 radical (unpaired) electrons. The zero-order valence-corrected chi connectivity index (χ0v) is 18.8. The van der Waals surface area contributed by atoms with Crippen molar-refractivity contribution < 1.29 is 8.42 Å². The number of hydrogen-bond acceptors (Lipinski definition) is 3. The minimum Gasteiger partial charge on any atom is -0.257 e. The molecular weight excluding hydrogens is 404 g/mol. The minimum atomic E-state index is -3.74. The summed E-state index contributed by atoms with van der Waals surface area (Å²) < 4.78 is 28.3. The molecule has 4 rings (SSSR count). The molecule has 5 heteroatoms. The maximum atomic E-state index is 13.5. The van der Waals surface area contributed by atoms with Gasteiger partial charge in [-0.2, -0.15) is 0 Å². The molecule has 0 unspecified atom stereocenters. The maximum absolute atomic E-state index is 13.5. The fourth-order valence-corrected chi connectivity index (χ4v) is 5.23. The highest BCUT2D eigenvalue weighted by Gasteiger charge is 2.35. The van der Waals surface area contributed by atoms with Crippen LogP contribution in [0.2, 0.25) is 0 Å². The number of aryl methyl sites for hydroxylation is 1. The Morgan fingerprint density at radius 1 is 0.903 bits per heavy atom. The monoisotopic (exact) mass is 430 g/mol. The van der Waals surface area contributed by atoms with Crippen LogP contribution in [0.1, 0.15) is 31.4 Å². The van der Waals surface area contributed by atoms with Crippen molar-refractivity contribution in [2.24, 2.45) is 4.99 Å². The number of hydrogen-bond donors (Lipinski definition) is 0. The second kappa shape index (κ2) is 8.16. The van der Waals surface area contributed by atoms with Gasteiger partial charge in [0.25, 0.3) is 10.0 Å². The summed E-state index contributed by atoms with van der Waals surface area (Å²) in [6.45, 7) is 6.13. The van der Waals surface area contributed by atoms with E-state index in [1.165, 1.54) is 9.87 Å².